The summed E-state index contributed by atoms with van der Waals surface area (Å²) < 4.78 is 24.7. The third-order valence-corrected chi connectivity index (χ3v) is 3.19. The summed E-state index contributed by atoms with van der Waals surface area (Å²) in [6.07, 6.45) is 3.14. The summed E-state index contributed by atoms with van der Waals surface area (Å²) in [7, 11) is -3.05. The van der Waals surface area contributed by atoms with Gasteiger partial charge in [0, 0.05) is 6.04 Å². The first-order chi connectivity index (χ1) is 5.99. The molecule has 0 spiro atoms. The van der Waals surface area contributed by atoms with Gasteiger partial charge in [0.25, 0.3) is 0 Å². The first kappa shape index (κ1) is 10.9. The predicted molar refractivity (Wildman–Crippen MR) is 53.0 cm³/mol. The van der Waals surface area contributed by atoms with E-state index in [9.17, 15) is 8.42 Å². The monoisotopic (exact) mass is 206 g/mol. The van der Waals surface area contributed by atoms with E-state index in [2.05, 4.69) is 17.0 Å². The van der Waals surface area contributed by atoms with Crippen LogP contribution < -0.4 is 10.0 Å². The first-order valence-electron chi connectivity index (χ1n) is 4.67. The normalized spacial score (nSPS) is 31.2. The van der Waals surface area contributed by atoms with Gasteiger partial charge < -0.3 is 5.32 Å². The Morgan fingerprint density at radius 2 is 1.92 bits per heavy atom. The molecule has 2 atom stereocenters. The maximum Gasteiger partial charge on any atom is 0.208 e. The lowest BCUT2D eigenvalue weighted by Gasteiger charge is -2.20. The van der Waals surface area contributed by atoms with Crippen LogP contribution >= 0.6 is 0 Å². The molecular weight excluding hydrogens is 188 g/mol. The molecule has 1 aliphatic rings. The van der Waals surface area contributed by atoms with Gasteiger partial charge in [-0.25, -0.2) is 13.1 Å². The van der Waals surface area contributed by atoms with Crippen molar-refractivity contribution in [3.05, 3.63) is 0 Å². The van der Waals surface area contributed by atoms with Crippen LogP contribution in [0.25, 0.3) is 0 Å². The minimum atomic E-state index is -3.05. The highest BCUT2D eigenvalue weighted by Gasteiger charge is 2.22. The van der Waals surface area contributed by atoms with E-state index in [4.69, 9.17) is 0 Å². The molecule has 1 aliphatic heterocycles. The van der Waals surface area contributed by atoms with E-state index >= 15 is 0 Å². The number of hydrogen-bond acceptors (Lipinski definition) is 3. The second-order valence-electron chi connectivity index (χ2n) is 3.80. The zero-order valence-electron chi connectivity index (χ0n) is 8.21. The van der Waals surface area contributed by atoms with Crippen molar-refractivity contribution in [3.8, 4) is 0 Å². The minimum absolute atomic E-state index is 0.102. The summed E-state index contributed by atoms with van der Waals surface area (Å²) in [5, 5.41) is 3.26. The third-order valence-electron chi connectivity index (χ3n) is 2.46. The first-order valence-corrected chi connectivity index (χ1v) is 6.56. The fraction of sp³-hybridized carbons (Fsp3) is 1.00. The fourth-order valence-corrected chi connectivity index (χ4v) is 2.55. The summed E-state index contributed by atoms with van der Waals surface area (Å²) in [6, 6.07) is 0.102. The van der Waals surface area contributed by atoms with Crippen LogP contribution in [0.2, 0.25) is 0 Å². The molecule has 1 fully saturated rings. The van der Waals surface area contributed by atoms with Gasteiger partial charge in [0.2, 0.25) is 10.0 Å². The summed E-state index contributed by atoms with van der Waals surface area (Å²) in [6.45, 7) is 3.98. The maximum atomic E-state index is 11.0. The van der Waals surface area contributed by atoms with Crippen LogP contribution in [0.1, 0.15) is 19.8 Å². The van der Waals surface area contributed by atoms with E-state index < -0.39 is 10.0 Å². The van der Waals surface area contributed by atoms with E-state index in [1.165, 1.54) is 6.26 Å². The van der Waals surface area contributed by atoms with Gasteiger partial charge in [-0.15, -0.1) is 0 Å². The molecule has 78 valence electrons. The zero-order chi connectivity index (χ0) is 9.90. The molecule has 0 aromatic heterocycles. The molecule has 0 saturated carbocycles. The lowest BCUT2D eigenvalue weighted by atomic mass is 9.98. The van der Waals surface area contributed by atoms with Crippen LogP contribution in [0, 0.1) is 5.92 Å². The van der Waals surface area contributed by atoms with Gasteiger partial charge in [-0.1, -0.05) is 6.92 Å². The Morgan fingerprint density at radius 3 is 2.54 bits per heavy atom. The molecule has 13 heavy (non-hydrogen) atoms. The molecule has 1 rings (SSSR count). The van der Waals surface area contributed by atoms with Crippen molar-refractivity contribution < 1.29 is 8.42 Å². The topological polar surface area (TPSA) is 58.2 Å². The van der Waals surface area contributed by atoms with Crippen molar-refractivity contribution in [3.63, 3.8) is 0 Å². The lowest BCUT2D eigenvalue weighted by Crippen LogP contribution is -2.38. The van der Waals surface area contributed by atoms with E-state index in [1.54, 1.807) is 0 Å². The van der Waals surface area contributed by atoms with Crippen LogP contribution in [0.15, 0.2) is 0 Å². The molecule has 0 bridgehead atoms. The van der Waals surface area contributed by atoms with Crippen molar-refractivity contribution >= 4 is 10.0 Å². The predicted octanol–water partition coefficient (Wildman–Crippen LogP) is -0.0763. The molecule has 1 heterocycles. The van der Waals surface area contributed by atoms with Gasteiger partial charge in [0.05, 0.1) is 6.26 Å². The van der Waals surface area contributed by atoms with E-state index in [1.807, 2.05) is 0 Å². The number of nitrogens with one attached hydrogen (secondary N) is 2. The standard InChI is InChI=1S/C8H18N2O2S/c1-7-3-5-9-6-4-8(7)10-13(2,11)12/h7-10H,3-6H2,1-2H3/t7-,8+/m0/s1. The number of hydrogen-bond donors (Lipinski definition) is 2. The molecule has 0 aromatic carbocycles. The zero-order valence-corrected chi connectivity index (χ0v) is 9.02. The largest absolute Gasteiger partial charge is 0.317 e. The smallest absolute Gasteiger partial charge is 0.208 e. The molecule has 0 radical (unpaired) electrons. The molecular formula is C8H18N2O2S. The van der Waals surface area contributed by atoms with E-state index in [0.29, 0.717) is 5.92 Å². The van der Waals surface area contributed by atoms with Crippen molar-refractivity contribution in [2.75, 3.05) is 19.3 Å². The van der Waals surface area contributed by atoms with Crippen LogP contribution in [0.5, 0.6) is 0 Å². The Hall–Kier alpha value is -0.130. The minimum Gasteiger partial charge on any atom is -0.317 e. The van der Waals surface area contributed by atoms with Crippen LogP contribution in [-0.2, 0) is 10.0 Å². The summed E-state index contributed by atoms with van der Waals surface area (Å²) in [4.78, 5) is 0. The maximum absolute atomic E-state index is 11.0. The van der Waals surface area contributed by atoms with Crippen LogP contribution in [0.4, 0.5) is 0 Å². The quantitative estimate of drug-likeness (QED) is 0.664. The second-order valence-corrected chi connectivity index (χ2v) is 5.58. The number of rotatable bonds is 2. The van der Waals surface area contributed by atoms with E-state index in [-0.39, 0.29) is 6.04 Å². The van der Waals surface area contributed by atoms with Crippen molar-refractivity contribution in [2.45, 2.75) is 25.8 Å². The Labute approximate surface area is 80.1 Å². The second kappa shape index (κ2) is 4.39. The molecule has 0 aliphatic carbocycles. The fourth-order valence-electron chi connectivity index (χ4n) is 1.65. The number of sulfonamides is 1. The highest BCUT2D eigenvalue weighted by molar-refractivity contribution is 7.88. The van der Waals surface area contributed by atoms with Gasteiger partial charge in [-0.2, -0.15) is 0 Å². The molecule has 0 aromatic rings. The van der Waals surface area contributed by atoms with Crippen LogP contribution in [-0.4, -0.2) is 33.8 Å². The van der Waals surface area contributed by atoms with Gasteiger partial charge in [-0.3, -0.25) is 0 Å². The Morgan fingerprint density at radius 1 is 1.31 bits per heavy atom. The lowest BCUT2D eigenvalue weighted by molar-refractivity contribution is 0.410. The Bertz CT molecular complexity index is 251. The molecule has 0 amide bonds. The average Bonchev–Trinajstić information content (AvgIpc) is 2.14. The Balaban J connectivity index is 2.55. The summed E-state index contributed by atoms with van der Waals surface area (Å²) >= 11 is 0. The SMILES string of the molecule is C[C@H]1CCNCC[C@H]1NS(C)(=O)=O. The van der Waals surface area contributed by atoms with Gasteiger partial charge in [0.15, 0.2) is 0 Å². The van der Waals surface area contributed by atoms with Crippen molar-refractivity contribution in [2.24, 2.45) is 5.92 Å². The average molecular weight is 206 g/mol. The third kappa shape index (κ3) is 4.06. The summed E-state index contributed by atoms with van der Waals surface area (Å²) in [5.74, 6) is 0.421. The molecule has 1 saturated heterocycles. The van der Waals surface area contributed by atoms with Gasteiger partial charge in [0.1, 0.15) is 0 Å². The molecule has 5 heteroatoms. The highest BCUT2D eigenvalue weighted by atomic mass is 32.2. The molecule has 0 unspecified atom stereocenters. The van der Waals surface area contributed by atoms with Gasteiger partial charge in [-0.05, 0) is 31.8 Å². The van der Waals surface area contributed by atoms with Crippen LogP contribution in [0.3, 0.4) is 0 Å². The molecule has 4 nitrogen and oxygen atoms in total. The van der Waals surface area contributed by atoms with E-state index in [0.717, 1.165) is 25.9 Å². The Kier molecular flexibility index (Phi) is 3.70. The highest BCUT2D eigenvalue weighted by Crippen LogP contribution is 2.13. The van der Waals surface area contributed by atoms with Gasteiger partial charge >= 0.3 is 0 Å². The van der Waals surface area contributed by atoms with Crippen molar-refractivity contribution in [1.29, 1.82) is 0 Å². The summed E-state index contributed by atoms with van der Waals surface area (Å²) in [5.41, 5.74) is 0. The molecule has 2 N–H and O–H groups in total. The van der Waals surface area contributed by atoms with Crippen molar-refractivity contribution in [1.82, 2.24) is 10.0 Å².